The monoisotopic (exact) mass is 547 g/mol. The van der Waals surface area contributed by atoms with Gasteiger partial charge in [0.25, 0.3) is 30.4 Å². The summed E-state index contributed by atoms with van der Waals surface area (Å²) in [6, 6.07) is 5.48. The van der Waals surface area contributed by atoms with E-state index in [0.717, 1.165) is 12.1 Å². The molecule has 0 aliphatic rings. The SMILES string of the molecule is COc1cc(N=Nc2cc(S(=O)(=O)O)c3cc(S(=O)(=O)O)cc(S(=O)(=O)O)c3c2)c(OC)cc1N. The number of benzene rings is 3. The fourth-order valence-corrected chi connectivity index (χ4v) is 5.13. The summed E-state index contributed by atoms with van der Waals surface area (Å²) in [5.74, 6) is 0.363. The van der Waals surface area contributed by atoms with Gasteiger partial charge in [-0.1, -0.05) is 0 Å². The second-order valence-corrected chi connectivity index (χ2v) is 11.1. The summed E-state index contributed by atoms with van der Waals surface area (Å²) < 4.78 is 110. The van der Waals surface area contributed by atoms with E-state index in [1.54, 1.807) is 0 Å². The van der Waals surface area contributed by atoms with E-state index >= 15 is 0 Å². The lowest BCUT2D eigenvalue weighted by atomic mass is 10.1. The number of nitrogens with two attached hydrogens (primary N) is 1. The Hall–Kier alpha value is -3.35. The third kappa shape index (κ3) is 5.50. The number of hydrogen-bond donors (Lipinski definition) is 4. The summed E-state index contributed by atoms with van der Waals surface area (Å²) in [4.78, 5) is -3.09. The Morgan fingerprint density at radius 2 is 1.23 bits per heavy atom. The average molecular weight is 548 g/mol. The molecule has 0 fully saturated rings. The molecule has 3 rings (SSSR count). The van der Waals surface area contributed by atoms with E-state index in [-0.39, 0.29) is 28.6 Å². The van der Waals surface area contributed by atoms with E-state index in [1.165, 1.54) is 26.4 Å². The molecule has 0 aliphatic heterocycles. The van der Waals surface area contributed by atoms with Crippen LogP contribution in [0.15, 0.2) is 61.3 Å². The minimum Gasteiger partial charge on any atom is -0.495 e. The standard InChI is InChI=1S/C18H17N3O11S3/c1-31-15-8-14(16(32-2)7-13(15)19)21-20-9-3-11-12(17(4-9)34(25,26)27)5-10(33(22,23)24)6-18(11)35(28,29)30/h3-8H,19H2,1-2H3,(H,22,23,24)(H,25,26,27)(H,28,29,30). The molecule has 188 valence electrons. The molecule has 0 aliphatic carbocycles. The van der Waals surface area contributed by atoms with Crippen LogP contribution in [0.4, 0.5) is 17.1 Å². The number of azo groups is 1. The smallest absolute Gasteiger partial charge is 0.295 e. The maximum absolute atomic E-state index is 12.0. The number of ether oxygens (including phenoxy) is 2. The molecule has 3 aromatic carbocycles. The van der Waals surface area contributed by atoms with Crippen LogP contribution in [0.1, 0.15) is 0 Å². The molecule has 0 atom stereocenters. The Bertz CT molecular complexity index is 1700. The molecule has 0 aromatic heterocycles. The largest absolute Gasteiger partial charge is 0.495 e. The van der Waals surface area contributed by atoms with Crippen molar-refractivity contribution in [3.05, 3.63) is 36.4 Å². The molecule has 3 aromatic rings. The molecular formula is C18H17N3O11S3. The van der Waals surface area contributed by atoms with Crippen LogP contribution >= 0.6 is 0 Å². The summed E-state index contributed by atoms with van der Waals surface area (Å²) in [7, 11) is -12.6. The van der Waals surface area contributed by atoms with E-state index in [4.69, 9.17) is 15.2 Å². The van der Waals surface area contributed by atoms with Gasteiger partial charge in [0.1, 0.15) is 27.0 Å². The fraction of sp³-hybridized carbons (Fsp3) is 0.111. The topological polar surface area (TPSA) is 232 Å². The second kappa shape index (κ2) is 9.02. The normalized spacial score (nSPS) is 12.8. The predicted molar refractivity (Wildman–Crippen MR) is 122 cm³/mol. The van der Waals surface area contributed by atoms with Crippen LogP contribution in [0.5, 0.6) is 11.5 Å². The van der Waals surface area contributed by atoms with Crippen molar-refractivity contribution in [3.8, 4) is 11.5 Å². The second-order valence-electron chi connectivity index (χ2n) is 6.85. The summed E-state index contributed by atoms with van der Waals surface area (Å²) >= 11 is 0. The maximum Gasteiger partial charge on any atom is 0.295 e. The van der Waals surface area contributed by atoms with Crippen molar-refractivity contribution >= 4 is 58.2 Å². The van der Waals surface area contributed by atoms with Gasteiger partial charge in [-0.15, -0.1) is 5.11 Å². The Balaban J connectivity index is 2.38. The van der Waals surface area contributed by atoms with Crippen molar-refractivity contribution in [2.24, 2.45) is 10.2 Å². The summed E-state index contributed by atoms with van der Waals surface area (Å²) in [5.41, 5.74) is 5.77. The van der Waals surface area contributed by atoms with Crippen LogP contribution in [0.25, 0.3) is 10.8 Å². The van der Waals surface area contributed by atoms with Crippen LogP contribution in [-0.2, 0) is 30.4 Å². The zero-order chi connectivity index (χ0) is 26.3. The lowest BCUT2D eigenvalue weighted by molar-refractivity contribution is 0.406. The Labute approximate surface area is 199 Å². The first-order valence-corrected chi connectivity index (χ1v) is 13.4. The number of fused-ring (bicyclic) bond motifs is 1. The number of anilines is 1. The summed E-state index contributed by atoms with van der Waals surface area (Å²) in [6.07, 6.45) is 0. The highest BCUT2D eigenvalue weighted by atomic mass is 32.2. The number of hydrogen-bond acceptors (Lipinski definition) is 11. The van der Waals surface area contributed by atoms with E-state index < -0.39 is 55.8 Å². The van der Waals surface area contributed by atoms with Crippen molar-refractivity contribution < 1.29 is 48.4 Å². The number of rotatable bonds is 7. The zero-order valence-corrected chi connectivity index (χ0v) is 20.2. The molecular weight excluding hydrogens is 530 g/mol. The van der Waals surface area contributed by atoms with Crippen molar-refractivity contribution in [2.45, 2.75) is 14.7 Å². The first kappa shape index (κ1) is 26.3. The molecule has 0 spiro atoms. The molecule has 0 amide bonds. The number of methoxy groups -OCH3 is 2. The lowest BCUT2D eigenvalue weighted by Gasteiger charge is -2.11. The molecule has 0 radical (unpaired) electrons. The van der Waals surface area contributed by atoms with Crippen molar-refractivity contribution in [3.63, 3.8) is 0 Å². The van der Waals surface area contributed by atoms with Crippen LogP contribution in [-0.4, -0.2) is 53.1 Å². The highest BCUT2D eigenvalue weighted by Crippen LogP contribution is 2.39. The number of nitrogens with zero attached hydrogens (tertiary/aromatic N) is 2. The quantitative estimate of drug-likeness (QED) is 0.190. The first-order chi connectivity index (χ1) is 16.1. The third-order valence-corrected chi connectivity index (χ3v) is 7.23. The minimum atomic E-state index is -5.16. The zero-order valence-electron chi connectivity index (χ0n) is 17.8. The molecule has 5 N–H and O–H groups in total. The Morgan fingerprint density at radius 1 is 0.686 bits per heavy atom. The third-order valence-electron chi connectivity index (χ3n) is 4.61. The minimum absolute atomic E-state index is 0.0729. The summed E-state index contributed by atoms with van der Waals surface area (Å²) in [5, 5.41) is 6.58. The van der Waals surface area contributed by atoms with Gasteiger partial charge in [-0.3, -0.25) is 13.7 Å². The Morgan fingerprint density at radius 3 is 1.74 bits per heavy atom. The molecule has 35 heavy (non-hydrogen) atoms. The van der Waals surface area contributed by atoms with Gasteiger partial charge in [0.15, 0.2) is 0 Å². The average Bonchev–Trinajstić information content (AvgIpc) is 2.74. The first-order valence-electron chi connectivity index (χ1n) is 9.03. The van der Waals surface area contributed by atoms with Gasteiger partial charge in [-0.25, -0.2) is 0 Å². The van der Waals surface area contributed by atoms with Gasteiger partial charge in [0.2, 0.25) is 0 Å². The van der Waals surface area contributed by atoms with E-state index in [2.05, 4.69) is 10.2 Å². The molecule has 17 heteroatoms. The van der Waals surface area contributed by atoms with Crippen LogP contribution < -0.4 is 15.2 Å². The maximum atomic E-state index is 12.0. The molecule has 0 saturated carbocycles. The molecule has 0 unspecified atom stereocenters. The van der Waals surface area contributed by atoms with E-state index in [9.17, 15) is 38.9 Å². The molecule has 0 saturated heterocycles. The predicted octanol–water partition coefficient (Wildman–Crippen LogP) is 2.59. The molecule has 0 heterocycles. The fourth-order valence-electron chi connectivity index (χ4n) is 3.08. The molecule has 14 nitrogen and oxygen atoms in total. The Kier molecular flexibility index (Phi) is 6.77. The highest BCUT2D eigenvalue weighted by Gasteiger charge is 2.25. The van der Waals surface area contributed by atoms with Crippen LogP contribution in [0, 0.1) is 0 Å². The summed E-state index contributed by atoms with van der Waals surface area (Å²) in [6.45, 7) is 0. The lowest BCUT2D eigenvalue weighted by Crippen LogP contribution is -2.07. The van der Waals surface area contributed by atoms with Crippen molar-refractivity contribution in [1.29, 1.82) is 0 Å². The number of nitrogen functional groups attached to an aromatic ring is 1. The van der Waals surface area contributed by atoms with Gasteiger partial charge in [-0.05, 0) is 24.3 Å². The highest BCUT2D eigenvalue weighted by molar-refractivity contribution is 7.87. The molecule has 0 bridgehead atoms. The van der Waals surface area contributed by atoms with Gasteiger partial charge in [0, 0.05) is 22.9 Å². The van der Waals surface area contributed by atoms with Gasteiger partial charge in [0.05, 0.1) is 30.5 Å². The van der Waals surface area contributed by atoms with Gasteiger partial charge < -0.3 is 15.2 Å². The van der Waals surface area contributed by atoms with Crippen molar-refractivity contribution in [1.82, 2.24) is 0 Å². The van der Waals surface area contributed by atoms with E-state index in [0.29, 0.717) is 12.1 Å². The van der Waals surface area contributed by atoms with Crippen LogP contribution in [0.2, 0.25) is 0 Å². The van der Waals surface area contributed by atoms with Crippen molar-refractivity contribution in [2.75, 3.05) is 20.0 Å². The van der Waals surface area contributed by atoms with Crippen LogP contribution in [0.3, 0.4) is 0 Å². The van der Waals surface area contributed by atoms with E-state index in [1.807, 2.05) is 0 Å². The van der Waals surface area contributed by atoms with Gasteiger partial charge in [-0.2, -0.15) is 30.4 Å². The van der Waals surface area contributed by atoms with Gasteiger partial charge >= 0.3 is 0 Å².